The van der Waals surface area contributed by atoms with Crippen LogP contribution in [0.4, 0.5) is 0 Å². The molecule has 1 saturated heterocycles. The zero-order valence-electron chi connectivity index (χ0n) is 8.98. The minimum Gasteiger partial charge on any atom is -0.376 e. The standard InChI is InChI=1S/C12H18N2O/c1-3-11(7-13-5-1)9-15-10-12-4-2-6-14-8-12/h1,3,5,7,12,14H,2,4,6,8-10H2. The Morgan fingerprint density at radius 1 is 1.53 bits per heavy atom. The predicted octanol–water partition coefficient (Wildman–Crippen LogP) is 1.60. The third kappa shape index (κ3) is 3.61. The maximum absolute atomic E-state index is 5.68. The molecule has 15 heavy (non-hydrogen) atoms. The number of pyridine rings is 1. The van der Waals surface area contributed by atoms with Crippen molar-refractivity contribution in [2.24, 2.45) is 5.92 Å². The van der Waals surface area contributed by atoms with Crippen molar-refractivity contribution in [3.8, 4) is 0 Å². The summed E-state index contributed by atoms with van der Waals surface area (Å²) in [6.07, 6.45) is 6.22. The number of hydrogen-bond acceptors (Lipinski definition) is 3. The Balaban J connectivity index is 1.66. The van der Waals surface area contributed by atoms with E-state index in [9.17, 15) is 0 Å². The summed E-state index contributed by atoms with van der Waals surface area (Å²) in [5.74, 6) is 0.690. The molecule has 0 amide bonds. The molecule has 1 aromatic rings. The summed E-state index contributed by atoms with van der Waals surface area (Å²) in [4.78, 5) is 4.06. The Kier molecular flexibility index (Phi) is 4.11. The average molecular weight is 206 g/mol. The normalized spacial score (nSPS) is 21.5. The van der Waals surface area contributed by atoms with Gasteiger partial charge in [-0.2, -0.15) is 0 Å². The molecule has 0 radical (unpaired) electrons. The van der Waals surface area contributed by atoms with Crippen molar-refractivity contribution < 1.29 is 4.74 Å². The van der Waals surface area contributed by atoms with E-state index in [-0.39, 0.29) is 0 Å². The van der Waals surface area contributed by atoms with Crippen molar-refractivity contribution in [1.82, 2.24) is 10.3 Å². The Bertz CT molecular complexity index is 270. The van der Waals surface area contributed by atoms with Gasteiger partial charge in [-0.3, -0.25) is 4.98 Å². The molecule has 3 heteroatoms. The highest BCUT2D eigenvalue weighted by Crippen LogP contribution is 2.11. The lowest BCUT2D eigenvalue weighted by atomic mass is 10.0. The van der Waals surface area contributed by atoms with Crippen LogP contribution in [0.2, 0.25) is 0 Å². The number of rotatable bonds is 4. The van der Waals surface area contributed by atoms with Gasteiger partial charge in [-0.05, 0) is 36.9 Å². The number of nitrogens with zero attached hydrogens (tertiary/aromatic N) is 1. The molecular formula is C12H18N2O. The summed E-state index contributed by atoms with van der Waals surface area (Å²) in [6, 6.07) is 3.99. The summed E-state index contributed by atoms with van der Waals surface area (Å²) in [7, 11) is 0. The van der Waals surface area contributed by atoms with E-state index in [1.807, 2.05) is 18.3 Å². The van der Waals surface area contributed by atoms with E-state index in [0.717, 1.165) is 18.7 Å². The smallest absolute Gasteiger partial charge is 0.0731 e. The van der Waals surface area contributed by atoms with E-state index >= 15 is 0 Å². The van der Waals surface area contributed by atoms with Gasteiger partial charge in [0.25, 0.3) is 0 Å². The fourth-order valence-corrected chi connectivity index (χ4v) is 1.89. The van der Waals surface area contributed by atoms with Gasteiger partial charge in [0.2, 0.25) is 0 Å². The molecule has 0 saturated carbocycles. The van der Waals surface area contributed by atoms with Gasteiger partial charge in [-0.1, -0.05) is 6.07 Å². The lowest BCUT2D eigenvalue weighted by Crippen LogP contribution is -2.32. The molecule has 2 rings (SSSR count). The van der Waals surface area contributed by atoms with Crippen molar-refractivity contribution in [1.29, 1.82) is 0 Å². The van der Waals surface area contributed by atoms with Crippen LogP contribution in [0.5, 0.6) is 0 Å². The molecule has 0 aromatic carbocycles. The van der Waals surface area contributed by atoms with Gasteiger partial charge in [-0.15, -0.1) is 0 Å². The van der Waals surface area contributed by atoms with Crippen molar-refractivity contribution in [3.05, 3.63) is 30.1 Å². The van der Waals surface area contributed by atoms with Crippen LogP contribution in [-0.4, -0.2) is 24.7 Å². The monoisotopic (exact) mass is 206 g/mol. The molecule has 0 aliphatic carbocycles. The lowest BCUT2D eigenvalue weighted by molar-refractivity contribution is 0.0781. The minimum absolute atomic E-state index is 0.685. The van der Waals surface area contributed by atoms with E-state index in [4.69, 9.17) is 4.74 Å². The second-order valence-electron chi connectivity index (χ2n) is 4.09. The molecule has 1 aliphatic rings. The Morgan fingerprint density at radius 2 is 2.53 bits per heavy atom. The molecule has 1 fully saturated rings. The first-order chi connectivity index (χ1) is 7.45. The number of ether oxygens (including phenoxy) is 1. The number of piperidine rings is 1. The molecule has 1 N–H and O–H groups in total. The van der Waals surface area contributed by atoms with Gasteiger partial charge in [0.1, 0.15) is 0 Å². The van der Waals surface area contributed by atoms with Crippen molar-refractivity contribution in [3.63, 3.8) is 0 Å². The second-order valence-corrected chi connectivity index (χ2v) is 4.09. The summed E-state index contributed by atoms with van der Waals surface area (Å²) < 4.78 is 5.68. The number of aromatic nitrogens is 1. The summed E-state index contributed by atoms with van der Waals surface area (Å²) in [5.41, 5.74) is 1.15. The maximum Gasteiger partial charge on any atom is 0.0731 e. The van der Waals surface area contributed by atoms with E-state index in [2.05, 4.69) is 10.3 Å². The average Bonchev–Trinajstić information content (AvgIpc) is 2.32. The molecule has 0 spiro atoms. The minimum atomic E-state index is 0.685. The quantitative estimate of drug-likeness (QED) is 0.812. The highest BCUT2D eigenvalue weighted by molar-refractivity contribution is 5.06. The first kappa shape index (κ1) is 10.6. The predicted molar refractivity (Wildman–Crippen MR) is 59.5 cm³/mol. The topological polar surface area (TPSA) is 34.1 Å². The van der Waals surface area contributed by atoms with Gasteiger partial charge in [-0.25, -0.2) is 0 Å². The Morgan fingerprint density at radius 3 is 3.27 bits per heavy atom. The largest absolute Gasteiger partial charge is 0.376 e. The highest BCUT2D eigenvalue weighted by Gasteiger charge is 2.12. The van der Waals surface area contributed by atoms with Crippen LogP contribution < -0.4 is 5.32 Å². The first-order valence-corrected chi connectivity index (χ1v) is 5.62. The van der Waals surface area contributed by atoms with Gasteiger partial charge in [0.05, 0.1) is 13.2 Å². The summed E-state index contributed by atoms with van der Waals surface area (Å²) >= 11 is 0. The van der Waals surface area contributed by atoms with Crippen LogP contribution in [0.25, 0.3) is 0 Å². The van der Waals surface area contributed by atoms with Crippen molar-refractivity contribution in [2.45, 2.75) is 19.4 Å². The van der Waals surface area contributed by atoms with Crippen LogP contribution in [0.3, 0.4) is 0 Å². The third-order valence-corrected chi connectivity index (χ3v) is 2.74. The second kappa shape index (κ2) is 5.83. The number of nitrogens with one attached hydrogen (secondary N) is 1. The molecule has 1 aliphatic heterocycles. The zero-order valence-corrected chi connectivity index (χ0v) is 8.98. The van der Waals surface area contributed by atoms with Crippen molar-refractivity contribution >= 4 is 0 Å². The number of hydrogen-bond donors (Lipinski definition) is 1. The van der Waals surface area contributed by atoms with Crippen molar-refractivity contribution in [2.75, 3.05) is 19.7 Å². The molecule has 2 heterocycles. The SMILES string of the molecule is c1cncc(COCC2CCCNC2)c1. The molecule has 3 nitrogen and oxygen atoms in total. The Hall–Kier alpha value is -0.930. The van der Waals surface area contributed by atoms with Crippen LogP contribution in [0, 0.1) is 5.92 Å². The van der Waals surface area contributed by atoms with E-state index in [0.29, 0.717) is 12.5 Å². The van der Waals surface area contributed by atoms with Crippen LogP contribution in [0.1, 0.15) is 18.4 Å². The van der Waals surface area contributed by atoms with E-state index in [1.54, 1.807) is 6.20 Å². The van der Waals surface area contributed by atoms with Gasteiger partial charge in [0.15, 0.2) is 0 Å². The van der Waals surface area contributed by atoms with Crippen LogP contribution >= 0.6 is 0 Å². The van der Waals surface area contributed by atoms with Gasteiger partial charge < -0.3 is 10.1 Å². The fourth-order valence-electron chi connectivity index (χ4n) is 1.89. The molecule has 1 atom stereocenters. The maximum atomic E-state index is 5.68. The summed E-state index contributed by atoms with van der Waals surface area (Å²) in [6.45, 7) is 3.82. The van der Waals surface area contributed by atoms with Crippen LogP contribution in [0.15, 0.2) is 24.5 Å². The van der Waals surface area contributed by atoms with Gasteiger partial charge >= 0.3 is 0 Å². The highest BCUT2D eigenvalue weighted by atomic mass is 16.5. The zero-order chi connectivity index (χ0) is 10.3. The fraction of sp³-hybridized carbons (Fsp3) is 0.583. The molecule has 1 unspecified atom stereocenters. The molecule has 82 valence electrons. The van der Waals surface area contributed by atoms with E-state index < -0.39 is 0 Å². The lowest BCUT2D eigenvalue weighted by Gasteiger charge is -2.22. The van der Waals surface area contributed by atoms with Crippen LogP contribution in [-0.2, 0) is 11.3 Å². The van der Waals surface area contributed by atoms with E-state index in [1.165, 1.54) is 19.4 Å². The molecule has 1 aromatic heterocycles. The first-order valence-electron chi connectivity index (χ1n) is 5.62. The molecular weight excluding hydrogens is 188 g/mol. The summed E-state index contributed by atoms with van der Waals surface area (Å²) in [5, 5.41) is 3.39. The Labute approximate surface area is 90.9 Å². The third-order valence-electron chi connectivity index (χ3n) is 2.74. The van der Waals surface area contributed by atoms with Gasteiger partial charge in [0, 0.05) is 18.9 Å². The molecule has 0 bridgehead atoms.